The van der Waals surface area contributed by atoms with Crippen molar-refractivity contribution in [3.05, 3.63) is 69.7 Å². The second kappa shape index (κ2) is 8.77. The van der Waals surface area contributed by atoms with Crippen LogP contribution in [0, 0.1) is 0 Å². The highest BCUT2D eigenvalue weighted by molar-refractivity contribution is 6.31. The lowest BCUT2D eigenvalue weighted by molar-refractivity contribution is 0.0674. The Kier molecular flexibility index (Phi) is 6.40. The first-order valence-corrected chi connectivity index (χ1v) is 9.79. The zero-order valence-corrected chi connectivity index (χ0v) is 16.6. The number of nitrogens with zero attached hydrogens (tertiary/aromatic N) is 1. The number of carbonyl (C=O) groups is 2. The molecule has 1 fully saturated rings. The lowest BCUT2D eigenvalue weighted by Gasteiger charge is -2.35. The van der Waals surface area contributed by atoms with Crippen molar-refractivity contribution in [3.63, 3.8) is 0 Å². The average molecular weight is 405 g/mol. The highest BCUT2D eigenvalue weighted by Gasteiger charge is 2.29. The van der Waals surface area contributed by atoms with Crippen molar-refractivity contribution < 1.29 is 9.59 Å². The largest absolute Gasteiger partial charge is 0.349 e. The molecule has 0 heterocycles. The highest BCUT2D eigenvalue weighted by atomic mass is 35.5. The molecule has 0 aromatic heterocycles. The van der Waals surface area contributed by atoms with Crippen LogP contribution in [0.3, 0.4) is 0 Å². The molecular weight excluding hydrogens is 383 g/mol. The summed E-state index contributed by atoms with van der Waals surface area (Å²) in [6, 6.07) is 14.0. The van der Waals surface area contributed by atoms with E-state index in [9.17, 15) is 9.59 Å². The lowest BCUT2D eigenvalue weighted by atomic mass is 9.89. The third-order valence-corrected chi connectivity index (χ3v) is 5.48. The summed E-state index contributed by atoms with van der Waals surface area (Å²) in [5.74, 6) is -0.184. The van der Waals surface area contributed by atoms with Crippen LogP contribution in [-0.4, -0.2) is 35.8 Å². The third-order valence-electron chi connectivity index (χ3n) is 5.01. The Morgan fingerprint density at radius 3 is 2.30 bits per heavy atom. The van der Waals surface area contributed by atoms with Crippen LogP contribution in [0.4, 0.5) is 0 Å². The molecule has 0 radical (unpaired) electrons. The number of hydrogen-bond donors (Lipinski definition) is 1. The van der Waals surface area contributed by atoms with E-state index in [1.54, 1.807) is 53.4 Å². The standard InChI is InChI=1S/C21H22Cl2N2O2/c1-25(21(27)15-6-3-8-17(23)12-15)19-10-4-9-18(13-19)24-20(26)14-5-2-7-16(22)11-14/h2-3,5-8,11-12,18-19H,4,9-10,13H2,1H3,(H,24,26). The van der Waals surface area contributed by atoms with Gasteiger partial charge in [0.2, 0.25) is 0 Å². The monoisotopic (exact) mass is 404 g/mol. The minimum absolute atomic E-state index is 0.0323. The summed E-state index contributed by atoms with van der Waals surface area (Å²) in [4.78, 5) is 27.0. The minimum Gasteiger partial charge on any atom is -0.349 e. The SMILES string of the molecule is CN(C(=O)c1cccc(Cl)c1)C1CCCC(NC(=O)c2cccc(Cl)c2)C1. The van der Waals surface area contributed by atoms with Crippen molar-refractivity contribution in [1.82, 2.24) is 10.2 Å². The molecule has 3 rings (SSSR count). The van der Waals surface area contributed by atoms with Gasteiger partial charge in [0.15, 0.2) is 0 Å². The molecule has 4 nitrogen and oxygen atoms in total. The van der Waals surface area contributed by atoms with Crippen molar-refractivity contribution in [3.8, 4) is 0 Å². The molecule has 0 aliphatic heterocycles. The fourth-order valence-electron chi connectivity index (χ4n) is 3.54. The van der Waals surface area contributed by atoms with Gasteiger partial charge in [0, 0.05) is 40.3 Å². The number of halogens is 2. The summed E-state index contributed by atoms with van der Waals surface area (Å²) >= 11 is 12.0. The van der Waals surface area contributed by atoms with Gasteiger partial charge in [0.05, 0.1) is 0 Å². The molecule has 0 bridgehead atoms. The van der Waals surface area contributed by atoms with E-state index in [-0.39, 0.29) is 23.9 Å². The van der Waals surface area contributed by atoms with Gasteiger partial charge >= 0.3 is 0 Å². The van der Waals surface area contributed by atoms with Crippen LogP contribution >= 0.6 is 23.2 Å². The second-order valence-electron chi connectivity index (χ2n) is 6.93. The molecule has 6 heteroatoms. The smallest absolute Gasteiger partial charge is 0.253 e. The third kappa shape index (κ3) is 5.02. The number of nitrogens with one attached hydrogen (secondary N) is 1. The summed E-state index contributed by atoms with van der Waals surface area (Å²) in [5.41, 5.74) is 1.13. The average Bonchev–Trinajstić information content (AvgIpc) is 2.67. The van der Waals surface area contributed by atoms with Crippen LogP contribution in [0.5, 0.6) is 0 Å². The number of rotatable bonds is 4. The molecule has 2 aromatic carbocycles. The van der Waals surface area contributed by atoms with Crippen molar-refractivity contribution in [2.75, 3.05) is 7.05 Å². The van der Waals surface area contributed by atoms with Gasteiger partial charge in [-0.05, 0) is 62.1 Å². The Labute approximate surface area is 169 Å². The van der Waals surface area contributed by atoms with Crippen molar-refractivity contribution in [2.24, 2.45) is 0 Å². The number of benzene rings is 2. The quantitative estimate of drug-likeness (QED) is 0.794. The van der Waals surface area contributed by atoms with Gasteiger partial charge < -0.3 is 10.2 Å². The molecule has 0 saturated heterocycles. The van der Waals surface area contributed by atoms with Crippen LogP contribution in [0.2, 0.25) is 10.0 Å². The summed E-state index contributed by atoms with van der Waals surface area (Å²) in [7, 11) is 1.81. The summed E-state index contributed by atoms with van der Waals surface area (Å²) < 4.78 is 0. The van der Waals surface area contributed by atoms with E-state index in [4.69, 9.17) is 23.2 Å². The summed E-state index contributed by atoms with van der Waals surface area (Å²) in [6.07, 6.45) is 3.52. The van der Waals surface area contributed by atoms with Crippen molar-refractivity contribution in [1.29, 1.82) is 0 Å². The maximum absolute atomic E-state index is 12.7. The normalized spacial score (nSPS) is 19.4. The molecular formula is C21H22Cl2N2O2. The van der Waals surface area contributed by atoms with Gasteiger partial charge in [-0.15, -0.1) is 0 Å². The minimum atomic E-state index is -0.132. The van der Waals surface area contributed by atoms with E-state index >= 15 is 0 Å². The van der Waals surface area contributed by atoms with Gasteiger partial charge in [-0.25, -0.2) is 0 Å². The van der Waals surface area contributed by atoms with Crippen molar-refractivity contribution in [2.45, 2.75) is 37.8 Å². The molecule has 2 unspecified atom stereocenters. The molecule has 1 saturated carbocycles. The molecule has 2 aromatic rings. The molecule has 1 aliphatic carbocycles. The lowest BCUT2D eigenvalue weighted by Crippen LogP contribution is -2.46. The zero-order chi connectivity index (χ0) is 19.4. The number of amides is 2. The van der Waals surface area contributed by atoms with Crippen LogP contribution in [-0.2, 0) is 0 Å². The Balaban J connectivity index is 1.63. The summed E-state index contributed by atoms with van der Waals surface area (Å²) in [6.45, 7) is 0. The fourth-order valence-corrected chi connectivity index (χ4v) is 3.92. The maximum atomic E-state index is 12.7. The van der Waals surface area contributed by atoms with Crippen LogP contribution < -0.4 is 5.32 Å². The predicted molar refractivity (Wildman–Crippen MR) is 109 cm³/mol. The van der Waals surface area contributed by atoms with E-state index in [0.717, 1.165) is 25.7 Å². The van der Waals surface area contributed by atoms with Crippen LogP contribution in [0.1, 0.15) is 46.4 Å². The van der Waals surface area contributed by atoms with Crippen LogP contribution in [0.25, 0.3) is 0 Å². The van der Waals surface area contributed by atoms with Gasteiger partial charge in [0.1, 0.15) is 0 Å². The van der Waals surface area contributed by atoms with Gasteiger partial charge in [-0.3, -0.25) is 9.59 Å². The predicted octanol–water partition coefficient (Wildman–Crippen LogP) is 4.81. The van der Waals surface area contributed by atoms with Gasteiger partial charge in [0.25, 0.3) is 11.8 Å². The fraction of sp³-hybridized carbons (Fsp3) is 0.333. The van der Waals surface area contributed by atoms with Crippen LogP contribution in [0.15, 0.2) is 48.5 Å². The topological polar surface area (TPSA) is 49.4 Å². The maximum Gasteiger partial charge on any atom is 0.253 e. The molecule has 2 amide bonds. The Hall–Kier alpha value is -2.04. The first-order chi connectivity index (χ1) is 12.9. The summed E-state index contributed by atoms with van der Waals surface area (Å²) in [5, 5.41) is 4.16. The number of hydrogen-bond acceptors (Lipinski definition) is 2. The Bertz CT molecular complexity index is 840. The van der Waals surface area contributed by atoms with Crippen molar-refractivity contribution >= 4 is 35.0 Å². The van der Waals surface area contributed by atoms with E-state index in [1.807, 2.05) is 7.05 Å². The number of carbonyl (C=O) groups excluding carboxylic acids is 2. The Morgan fingerprint density at radius 1 is 1.00 bits per heavy atom. The first-order valence-electron chi connectivity index (χ1n) is 9.03. The van der Waals surface area contributed by atoms with E-state index < -0.39 is 0 Å². The van der Waals surface area contributed by atoms with Gasteiger partial charge in [-0.2, -0.15) is 0 Å². The van der Waals surface area contributed by atoms with E-state index in [2.05, 4.69) is 5.32 Å². The van der Waals surface area contributed by atoms with E-state index in [1.165, 1.54) is 0 Å². The van der Waals surface area contributed by atoms with E-state index in [0.29, 0.717) is 21.2 Å². The molecule has 142 valence electrons. The Morgan fingerprint density at radius 2 is 1.63 bits per heavy atom. The highest BCUT2D eigenvalue weighted by Crippen LogP contribution is 2.25. The molecule has 27 heavy (non-hydrogen) atoms. The second-order valence-corrected chi connectivity index (χ2v) is 7.80. The molecule has 2 atom stereocenters. The van der Waals surface area contributed by atoms with Gasteiger partial charge in [-0.1, -0.05) is 35.3 Å². The first kappa shape index (κ1) is 19.7. The molecule has 1 aliphatic rings. The zero-order valence-electron chi connectivity index (χ0n) is 15.1. The molecule has 0 spiro atoms. The molecule has 1 N–H and O–H groups in total.